The Morgan fingerprint density at radius 3 is 2.28 bits per heavy atom. The summed E-state index contributed by atoms with van der Waals surface area (Å²) in [6, 6.07) is 10.3. The predicted molar refractivity (Wildman–Crippen MR) is 63.4 cm³/mol. The topological polar surface area (TPSA) is 50.9 Å². The normalized spacial score (nSPS) is 11.3. The van der Waals surface area contributed by atoms with Crippen molar-refractivity contribution in [2.24, 2.45) is 0 Å². The molecule has 0 aliphatic carbocycles. The molecule has 0 fully saturated rings. The smallest absolute Gasteiger partial charge is 0.399 e. The van der Waals surface area contributed by atoms with Crippen molar-refractivity contribution in [3.63, 3.8) is 0 Å². The van der Waals surface area contributed by atoms with E-state index in [0.29, 0.717) is 11.4 Å². The fraction of sp³-hybridized carbons (Fsp3) is 0.0833. The van der Waals surface area contributed by atoms with E-state index in [0.717, 1.165) is 6.07 Å². The third kappa shape index (κ3) is 2.91. The van der Waals surface area contributed by atoms with Crippen molar-refractivity contribution in [1.82, 2.24) is 4.98 Å². The molecule has 0 aliphatic rings. The first-order valence-corrected chi connectivity index (χ1v) is 5.12. The minimum absolute atomic E-state index is 0.134. The number of pyridine rings is 1. The van der Waals surface area contributed by atoms with Gasteiger partial charge in [-0.2, -0.15) is 13.2 Å². The van der Waals surface area contributed by atoms with E-state index >= 15 is 0 Å². The number of rotatable bonds is 2. The Morgan fingerprint density at radius 1 is 1.00 bits per heavy atom. The van der Waals surface area contributed by atoms with Gasteiger partial charge >= 0.3 is 6.18 Å². The number of alkyl halides is 3. The highest BCUT2D eigenvalue weighted by atomic mass is 19.4. The number of benzene rings is 1. The Hall–Kier alpha value is -2.24. The zero-order valence-corrected chi connectivity index (χ0v) is 9.20. The summed E-state index contributed by atoms with van der Waals surface area (Å²) in [5.74, 6) is 0.134. The third-order valence-electron chi connectivity index (χ3n) is 2.22. The Kier molecular flexibility index (Phi) is 3.10. The highest BCUT2D eigenvalue weighted by Crippen LogP contribution is 2.28. The molecule has 1 heterocycles. The minimum atomic E-state index is -4.45. The van der Waals surface area contributed by atoms with E-state index in [1.54, 1.807) is 24.3 Å². The van der Waals surface area contributed by atoms with Crippen LogP contribution < -0.4 is 11.1 Å². The highest BCUT2D eigenvalue weighted by molar-refractivity contribution is 5.59. The Bertz CT molecular complexity index is 535. The van der Waals surface area contributed by atoms with Crippen molar-refractivity contribution < 1.29 is 13.2 Å². The minimum Gasteiger partial charge on any atom is -0.399 e. The number of hydrogen-bond acceptors (Lipinski definition) is 3. The van der Waals surface area contributed by atoms with E-state index in [9.17, 15) is 13.2 Å². The average molecular weight is 253 g/mol. The van der Waals surface area contributed by atoms with E-state index in [4.69, 9.17) is 5.73 Å². The van der Waals surface area contributed by atoms with E-state index in [2.05, 4.69) is 10.3 Å². The SMILES string of the molecule is Nc1ccc(Nc2cccc(C(F)(F)F)n2)cc1. The fourth-order valence-electron chi connectivity index (χ4n) is 1.38. The van der Waals surface area contributed by atoms with E-state index in [-0.39, 0.29) is 5.82 Å². The third-order valence-corrected chi connectivity index (χ3v) is 2.22. The number of hydrogen-bond donors (Lipinski definition) is 2. The molecule has 0 aliphatic heterocycles. The van der Waals surface area contributed by atoms with Gasteiger partial charge in [0.05, 0.1) is 0 Å². The van der Waals surface area contributed by atoms with Crippen LogP contribution in [0.1, 0.15) is 5.69 Å². The lowest BCUT2D eigenvalue weighted by atomic mass is 10.3. The lowest BCUT2D eigenvalue weighted by molar-refractivity contribution is -0.141. The molecular formula is C12H10F3N3. The Balaban J connectivity index is 2.22. The van der Waals surface area contributed by atoms with E-state index in [1.807, 2.05) is 0 Å². The number of aromatic nitrogens is 1. The first-order valence-electron chi connectivity index (χ1n) is 5.12. The second-order valence-corrected chi connectivity index (χ2v) is 3.65. The van der Waals surface area contributed by atoms with Gasteiger partial charge in [-0.05, 0) is 36.4 Å². The van der Waals surface area contributed by atoms with Gasteiger partial charge in [0.15, 0.2) is 0 Å². The van der Waals surface area contributed by atoms with Crippen molar-refractivity contribution in [3.05, 3.63) is 48.2 Å². The molecule has 0 unspecified atom stereocenters. The van der Waals surface area contributed by atoms with Gasteiger partial charge in [-0.3, -0.25) is 0 Å². The molecule has 0 saturated heterocycles. The number of nitrogens with one attached hydrogen (secondary N) is 1. The van der Waals surface area contributed by atoms with Crippen molar-refractivity contribution >= 4 is 17.2 Å². The molecule has 0 atom stereocenters. The van der Waals surface area contributed by atoms with Crippen LogP contribution >= 0.6 is 0 Å². The van der Waals surface area contributed by atoms with Crippen molar-refractivity contribution in [2.75, 3.05) is 11.1 Å². The number of nitrogen functional groups attached to an aromatic ring is 1. The summed E-state index contributed by atoms with van der Waals surface area (Å²) in [4.78, 5) is 3.49. The van der Waals surface area contributed by atoms with Crippen molar-refractivity contribution in [2.45, 2.75) is 6.18 Å². The van der Waals surface area contributed by atoms with Gasteiger partial charge in [0, 0.05) is 11.4 Å². The van der Waals surface area contributed by atoms with Crippen LogP contribution in [0, 0.1) is 0 Å². The highest BCUT2D eigenvalue weighted by Gasteiger charge is 2.32. The molecule has 0 amide bonds. The quantitative estimate of drug-likeness (QED) is 0.806. The monoisotopic (exact) mass is 253 g/mol. The maximum absolute atomic E-state index is 12.5. The molecule has 0 radical (unpaired) electrons. The zero-order valence-electron chi connectivity index (χ0n) is 9.20. The van der Waals surface area contributed by atoms with Gasteiger partial charge in [-0.1, -0.05) is 6.07 Å². The fourth-order valence-corrected chi connectivity index (χ4v) is 1.38. The van der Waals surface area contributed by atoms with E-state index < -0.39 is 11.9 Å². The lowest BCUT2D eigenvalue weighted by Crippen LogP contribution is -2.08. The van der Waals surface area contributed by atoms with Crippen LogP contribution in [0.4, 0.5) is 30.4 Å². The van der Waals surface area contributed by atoms with Crippen LogP contribution in [0.25, 0.3) is 0 Å². The Labute approximate surface area is 101 Å². The molecule has 1 aromatic carbocycles. The Morgan fingerprint density at radius 2 is 1.67 bits per heavy atom. The van der Waals surface area contributed by atoms with Crippen LogP contribution in [0.15, 0.2) is 42.5 Å². The van der Waals surface area contributed by atoms with Gasteiger partial charge < -0.3 is 11.1 Å². The molecule has 6 heteroatoms. The molecule has 0 saturated carbocycles. The molecule has 0 spiro atoms. The standard InChI is InChI=1S/C12H10F3N3/c13-12(14,15)10-2-1-3-11(18-10)17-9-6-4-8(16)5-7-9/h1-7H,16H2,(H,17,18). The molecule has 0 bridgehead atoms. The van der Waals surface area contributed by atoms with Crippen LogP contribution in [0.5, 0.6) is 0 Å². The maximum atomic E-state index is 12.5. The summed E-state index contributed by atoms with van der Waals surface area (Å²) in [6.45, 7) is 0. The zero-order chi connectivity index (χ0) is 13.2. The summed E-state index contributed by atoms with van der Waals surface area (Å²) >= 11 is 0. The van der Waals surface area contributed by atoms with Crippen molar-refractivity contribution in [3.8, 4) is 0 Å². The lowest BCUT2D eigenvalue weighted by Gasteiger charge is -2.09. The molecule has 1 aromatic heterocycles. The summed E-state index contributed by atoms with van der Waals surface area (Å²) in [5, 5.41) is 2.78. The summed E-state index contributed by atoms with van der Waals surface area (Å²) in [5.41, 5.74) is 5.78. The molecule has 94 valence electrons. The first-order chi connectivity index (χ1) is 8.45. The van der Waals surface area contributed by atoms with Crippen LogP contribution in [0.3, 0.4) is 0 Å². The molecule has 3 nitrogen and oxygen atoms in total. The second kappa shape index (κ2) is 4.56. The molecule has 18 heavy (non-hydrogen) atoms. The number of nitrogens with two attached hydrogens (primary N) is 1. The van der Waals surface area contributed by atoms with Gasteiger partial charge in [-0.15, -0.1) is 0 Å². The van der Waals surface area contributed by atoms with Gasteiger partial charge in [0.1, 0.15) is 11.5 Å². The summed E-state index contributed by atoms with van der Waals surface area (Å²) < 4.78 is 37.4. The van der Waals surface area contributed by atoms with Crippen LogP contribution in [-0.4, -0.2) is 4.98 Å². The van der Waals surface area contributed by atoms with Crippen LogP contribution in [-0.2, 0) is 6.18 Å². The van der Waals surface area contributed by atoms with Crippen LogP contribution in [0.2, 0.25) is 0 Å². The second-order valence-electron chi connectivity index (χ2n) is 3.65. The van der Waals surface area contributed by atoms with Gasteiger partial charge in [0.2, 0.25) is 0 Å². The number of halogens is 3. The molecular weight excluding hydrogens is 243 g/mol. The van der Waals surface area contributed by atoms with Gasteiger partial charge in [-0.25, -0.2) is 4.98 Å². The largest absolute Gasteiger partial charge is 0.433 e. The number of nitrogens with zero attached hydrogens (tertiary/aromatic N) is 1. The molecule has 2 rings (SSSR count). The van der Waals surface area contributed by atoms with E-state index in [1.165, 1.54) is 12.1 Å². The predicted octanol–water partition coefficient (Wildman–Crippen LogP) is 3.43. The van der Waals surface area contributed by atoms with Gasteiger partial charge in [0.25, 0.3) is 0 Å². The summed E-state index contributed by atoms with van der Waals surface area (Å²) in [7, 11) is 0. The maximum Gasteiger partial charge on any atom is 0.433 e. The first kappa shape index (κ1) is 12.2. The molecule has 2 aromatic rings. The molecule has 3 N–H and O–H groups in total. The number of anilines is 3. The van der Waals surface area contributed by atoms with Crippen molar-refractivity contribution in [1.29, 1.82) is 0 Å². The summed E-state index contributed by atoms with van der Waals surface area (Å²) in [6.07, 6.45) is -4.45. The average Bonchev–Trinajstić information content (AvgIpc) is 2.31.